The molecule has 1 rings (SSSR count). The van der Waals surface area contributed by atoms with Crippen molar-refractivity contribution >= 4 is 5.91 Å². The summed E-state index contributed by atoms with van der Waals surface area (Å²) in [4.78, 5) is 13.9. The van der Waals surface area contributed by atoms with Gasteiger partial charge in [0.1, 0.15) is 0 Å². The van der Waals surface area contributed by atoms with Gasteiger partial charge >= 0.3 is 0 Å². The van der Waals surface area contributed by atoms with E-state index >= 15 is 0 Å². The molecule has 0 saturated carbocycles. The molecule has 6 nitrogen and oxygen atoms in total. The first-order valence-electron chi connectivity index (χ1n) is 6.99. The number of ether oxygens (including phenoxy) is 2. The summed E-state index contributed by atoms with van der Waals surface area (Å²) in [6.45, 7) is 9.22. The van der Waals surface area contributed by atoms with Crippen LogP contribution in [0.1, 0.15) is 6.92 Å². The van der Waals surface area contributed by atoms with Crippen LogP contribution in [-0.2, 0) is 14.3 Å². The SMILES string of the molecule is COCCNCC(=O)NCC(C)CN1CCOCC1. The number of hydrogen-bond donors (Lipinski definition) is 2. The topological polar surface area (TPSA) is 62.8 Å². The minimum Gasteiger partial charge on any atom is -0.383 e. The number of methoxy groups -OCH3 is 1. The molecule has 0 bridgehead atoms. The molecule has 19 heavy (non-hydrogen) atoms. The number of rotatable bonds is 9. The Morgan fingerprint density at radius 2 is 2.16 bits per heavy atom. The summed E-state index contributed by atoms with van der Waals surface area (Å²) in [5.41, 5.74) is 0. The van der Waals surface area contributed by atoms with E-state index in [1.165, 1.54) is 0 Å². The molecule has 0 aromatic carbocycles. The minimum atomic E-state index is 0.0462. The van der Waals surface area contributed by atoms with E-state index in [1.54, 1.807) is 7.11 Å². The van der Waals surface area contributed by atoms with Gasteiger partial charge in [0.15, 0.2) is 0 Å². The van der Waals surface area contributed by atoms with Crippen molar-refractivity contribution in [1.29, 1.82) is 0 Å². The van der Waals surface area contributed by atoms with Gasteiger partial charge in [0.25, 0.3) is 0 Å². The average Bonchev–Trinajstić information content (AvgIpc) is 2.42. The average molecular weight is 273 g/mol. The van der Waals surface area contributed by atoms with Crippen LogP contribution in [0.2, 0.25) is 0 Å². The first-order chi connectivity index (χ1) is 9.22. The molecule has 1 aliphatic rings. The lowest BCUT2D eigenvalue weighted by Crippen LogP contribution is -2.42. The molecule has 0 spiro atoms. The molecule has 6 heteroatoms. The maximum absolute atomic E-state index is 11.6. The zero-order valence-corrected chi connectivity index (χ0v) is 12.1. The van der Waals surface area contributed by atoms with Crippen molar-refractivity contribution in [2.45, 2.75) is 6.92 Å². The van der Waals surface area contributed by atoms with E-state index in [-0.39, 0.29) is 5.91 Å². The number of morpholine rings is 1. The van der Waals surface area contributed by atoms with E-state index in [4.69, 9.17) is 9.47 Å². The van der Waals surface area contributed by atoms with Gasteiger partial charge in [-0.1, -0.05) is 6.92 Å². The summed E-state index contributed by atoms with van der Waals surface area (Å²) in [5.74, 6) is 0.506. The van der Waals surface area contributed by atoms with Crippen LogP contribution < -0.4 is 10.6 Å². The Kier molecular flexibility index (Phi) is 8.73. The summed E-state index contributed by atoms with van der Waals surface area (Å²) in [7, 11) is 1.65. The van der Waals surface area contributed by atoms with Crippen molar-refractivity contribution in [3.05, 3.63) is 0 Å². The van der Waals surface area contributed by atoms with Gasteiger partial charge in [-0.2, -0.15) is 0 Å². The quantitative estimate of drug-likeness (QED) is 0.544. The fourth-order valence-electron chi connectivity index (χ4n) is 2.02. The van der Waals surface area contributed by atoms with Gasteiger partial charge in [-0.15, -0.1) is 0 Å². The third kappa shape index (κ3) is 8.15. The highest BCUT2D eigenvalue weighted by Crippen LogP contribution is 2.02. The molecular formula is C13H27N3O3. The maximum Gasteiger partial charge on any atom is 0.233 e. The van der Waals surface area contributed by atoms with Crippen LogP contribution in [0.15, 0.2) is 0 Å². The number of nitrogens with zero attached hydrogens (tertiary/aromatic N) is 1. The van der Waals surface area contributed by atoms with E-state index in [2.05, 4.69) is 22.5 Å². The largest absolute Gasteiger partial charge is 0.383 e. The van der Waals surface area contributed by atoms with Gasteiger partial charge < -0.3 is 20.1 Å². The highest BCUT2D eigenvalue weighted by atomic mass is 16.5. The Bertz CT molecular complexity index is 245. The van der Waals surface area contributed by atoms with E-state index in [9.17, 15) is 4.79 Å². The van der Waals surface area contributed by atoms with Gasteiger partial charge in [0.2, 0.25) is 5.91 Å². The molecule has 1 amide bonds. The van der Waals surface area contributed by atoms with Crippen LogP contribution in [0, 0.1) is 5.92 Å². The predicted octanol–water partition coefficient (Wildman–Crippen LogP) is -0.693. The zero-order valence-electron chi connectivity index (χ0n) is 12.1. The Morgan fingerprint density at radius 1 is 1.42 bits per heavy atom. The summed E-state index contributed by atoms with van der Waals surface area (Å²) in [5, 5.41) is 5.98. The van der Waals surface area contributed by atoms with Crippen molar-refractivity contribution in [3.8, 4) is 0 Å². The molecule has 112 valence electrons. The lowest BCUT2D eigenvalue weighted by molar-refractivity contribution is -0.120. The molecular weight excluding hydrogens is 246 g/mol. The highest BCUT2D eigenvalue weighted by Gasteiger charge is 2.14. The molecule has 1 fully saturated rings. The molecule has 0 aromatic rings. The summed E-state index contributed by atoms with van der Waals surface area (Å²) < 4.78 is 10.2. The second kappa shape index (κ2) is 10.1. The third-order valence-electron chi connectivity index (χ3n) is 3.09. The molecule has 0 aliphatic carbocycles. The van der Waals surface area contributed by atoms with Crippen LogP contribution in [0.25, 0.3) is 0 Å². The minimum absolute atomic E-state index is 0.0462. The van der Waals surface area contributed by atoms with Crippen LogP contribution in [0.3, 0.4) is 0 Å². The first-order valence-corrected chi connectivity index (χ1v) is 6.99. The number of nitrogens with one attached hydrogen (secondary N) is 2. The van der Waals surface area contributed by atoms with Crippen molar-refractivity contribution in [1.82, 2.24) is 15.5 Å². The van der Waals surface area contributed by atoms with Crippen molar-refractivity contribution in [2.24, 2.45) is 5.92 Å². The van der Waals surface area contributed by atoms with Crippen molar-refractivity contribution in [2.75, 3.05) is 66.2 Å². The van der Waals surface area contributed by atoms with Crippen molar-refractivity contribution in [3.63, 3.8) is 0 Å². The van der Waals surface area contributed by atoms with Crippen LogP contribution in [-0.4, -0.2) is 77.0 Å². The Morgan fingerprint density at radius 3 is 2.84 bits per heavy atom. The molecule has 0 aromatic heterocycles. The van der Waals surface area contributed by atoms with E-state index in [0.717, 1.165) is 39.4 Å². The molecule has 1 unspecified atom stereocenters. The lowest BCUT2D eigenvalue weighted by atomic mass is 10.1. The molecule has 1 saturated heterocycles. The fourth-order valence-corrected chi connectivity index (χ4v) is 2.02. The Labute approximate surface area is 115 Å². The van der Waals surface area contributed by atoms with Gasteiger partial charge in [-0.25, -0.2) is 0 Å². The van der Waals surface area contributed by atoms with Gasteiger partial charge in [-0.3, -0.25) is 9.69 Å². The van der Waals surface area contributed by atoms with Crippen LogP contribution in [0.5, 0.6) is 0 Å². The fraction of sp³-hybridized carbons (Fsp3) is 0.923. The summed E-state index contributed by atoms with van der Waals surface area (Å²) >= 11 is 0. The molecule has 0 radical (unpaired) electrons. The van der Waals surface area contributed by atoms with Crippen LogP contribution in [0.4, 0.5) is 0 Å². The van der Waals surface area contributed by atoms with Gasteiger partial charge in [0, 0.05) is 39.8 Å². The molecule has 1 heterocycles. The Hall–Kier alpha value is -0.690. The standard InChI is InChI=1S/C13H27N3O3/c1-12(11-16-4-7-19-8-5-16)9-15-13(17)10-14-3-6-18-2/h12,14H,3-11H2,1-2H3,(H,15,17). The number of carbonyl (C=O) groups excluding carboxylic acids is 1. The second-order valence-electron chi connectivity index (χ2n) is 4.99. The monoisotopic (exact) mass is 273 g/mol. The predicted molar refractivity (Wildman–Crippen MR) is 74.2 cm³/mol. The van der Waals surface area contributed by atoms with Gasteiger partial charge in [0.05, 0.1) is 26.4 Å². The first kappa shape index (κ1) is 16.4. The van der Waals surface area contributed by atoms with E-state index in [0.29, 0.717) is 25.6 Å². The summed E-state index contributed by atoms with van der Waals surface area (Å²) in [6.07, 6.45) is 0. The molecule has 1 aliphatic heterocycles. The normalized spacial score (nSPS) is 18.2. The lowest BCUT2D eigenvalue weighted by Gasteiger charge is -2.29. The molecule has 1 atom stereocenters. The smallest absolute Gasteiger partial charge is 0.233 e. The number of amides is 1. The zero-order chi connectivity index (χ0) is 13.9. The summed E-state index contributed by atoms with van der Waals surface area (Å²) in [6, 6.07) is 0. The second-order valence-corrected chi connectivity index (χ2v) is 4.99. The van der Waals surface area contributed by atoms with E-state index < -0.39 is 0 Å². The van der Waals surface area contributed by atoms with Crippen molar-refractivity contribution < 1.29 is 14.3 Å². The van der Waals surface area contributed by atoms with Gasteiger partial charge in [-0.05, 0) is 5.92 Å². The Balaban J connectivity index is 2.01. The van der Waals surface area contributed by atoms with E-state index in [1.807, 2.05) is 0 Å². The number of carbonyl (C=O) groups is 1. The highest BCUT2D eigenvalue weighted by molar-refractivity contribution is 5.77. The maximum atomic E-state index is 11.6. The molecule has 2 N–H and O–H groups in total. The van der Waals surface area contributed by atoms with Crippen LogP contribution >= 0.6 is 0 Å². The number of hydrogen-bond acceptors (Lipinski definition) is 5. The third-order valence-corrected chi connectivity index (χ3v) is 3.09.